The van der Waals surface area contributed by atoms with E-state index in [4.69, 9.17) is 43.5 Å². The van der Waals surface area contributed by atoms with Gasteiger partial charge in [-0.2, -0.15) is 5.10 Å². The molecule has 3 aromatic carbocycles. The van der Waals surface area contributed by atoms with Crippen LogP contribution in [0.4, 0.5) is 5.69 Å². The van der Waals surface area contributed by atoms with Gasteiger partial charge in [-0.25, -0.2) is 0 Å². The number of ether oxygens (including phenoxy) is 2. The molecule has 0 bridgehead atoms. The van der Waals surface area contributed by atoms with Crippen LogP contribution in [0, 0.1) is 34.6 Å². The second kappa shape index (κ2) is 13.5. The molecule has 7 rings (SSSR count). The Morgan fingerprint density at radius 2 is 1.70 bits per heavy atom. The van der Waals surface area contributed by atoms with E-state index in [0.717, 1.165) is 66.3 Å². The maximum atomic E-state index is 15.2. The van der Waals surface area contributed by atoms with E-state index in [-0.39, 0.29) is 11.9 Å². The van der Waals surface area contributed by atoms with E-state index in [2.05, 4.69) is 11.5 Å². The topological polar surface area (TPSA) is 110 Å². The van der Waals surface area contributed by atoms with E-state index in [1.807, 2.05) is 87.6 Å². The zero-order valence-corrected chi connectivity index (χ0v) is 33.1. The van der Waals surface area contributed by atoms with Crippen LogP contribution >= 0.6 is 23.2 Å². The second-order valence-electron chi connectivity index (χ2n) is 14.2. The number of hydrogen-bond donors (Lipinski definition) is 1. The van der Waals surface area contributed by atoms with Gasteiger partial charge in [-0.05, 0) is 107 Å². The van der Waals surface area contributed by atoms with Gasteiger partial charge in [0, 0.05) is 59.3 Å². The Kier molecular flexibility index (Phi) is 9.27. The van der Waals surface area contributed by atoms with Gasteiger partial charge in [0.2, 0.25) is 0 Å². The average molecular weight is 756 g/mol. The molecule has 1 atom stereocenters. The van der Waals surface area contributed by atoms with Crippen molar-refractivity contribution in [2.24, 2.45) is 19.8 Å². The fourth-order valence-electron chi connectivity index (χ4n) is 8.42. The summed E-state index contributed by atoms with van der Waals surface area (Å²) < 4.78 is 17.8. The molecule has 0 saturated carbocycles. The highest BCUT2D eigenvalue weighted by atomic mass is 35.5. The first-order valence-electron chi connectivity index (χ1n) is 17.7. The number of amides is 2. The fourth-order valence-corrected chi connectivity index (χ4v) is 8.78. The van der Waals surface area contributed by atoms with Crippen molar-refractivity contribution < 1.29 is 19.1 Å². The smallest absolute Gasteiger partial charge is 0.275 e. The first-order valence-corrected chi connectivity index (χ1v) is 18.5. The Morgan fingerprint density at radius 1 is 1.00 bits per heavy atom. The van der Waals surface area contributed by atoms with Crippen LogP contribution in [-0.4, -0.2) is 51.0 Å². The highest BCUT2D eigenvalue weighted by molar-refractivity contribution is 6.35. The van der Waals surface area contributed by atoms with Crippen molar-refractivity contribution in [3.63, 3.8) is 0 Å². The Bertz CT molecular complexity index is 2480. The van der Waals surface area contributed by atoms with Crippen LogP contribution in [0.25, 0.3) is 32.9 Å². The lowest BCUT2D eigenvalue weighted by molar-refractivity contribution is 0.0956. The first kappa shape index (κ1) is 36.4. The van der Waals surface area contributed by atoms with E-state index in [9.17, 15) is 4.79 Å². The van der Waals surface area contributed by atoms with Crippen molar-refractivity contribution in [2.75, 3.05) is 25.2 Å². The van der Waals surface area contributed by atoms with Crippen LogP contribution in [-0.2, 0) is 20.5 Å². The molecule has 2 amide bonds. The Hall–Kier alpha value is -4.93. The van der Waals surface area contributed by atoms with Gasteiger partial charge < -0.3 is 29.2 Å². The number of carbonyl (C=O) groups is 2. The predicted molar refractivity (Wildman–Crippen MR) is 212 cm³/mol. The number of nitrogens with two attached hydrogens (primary N) is 1. The van der Waals surface area contributed by atoms with Gasteiger partial charge in [-0.15, -0.1) is 0 Å². The zero-order chi connectivity index (χ0) is 38.2. The van der Waals surface area contributed by atoms with Gasteiger partial charge in [-0.3, -0.25) is 14.3 Å². The van der Waals surface area contributed by atoms with Crippen molar-refractivity contribution in [1.29, 1.82) is 0 Å². The number of nitrogens with zero attached hydrogens (tertiary/aromatic N) is 5. The minimum Gasteiger partial charge on any atom is -0.496 e. The van der Waals surface area contributed by atoms with Crippen molar-refractivity contribution in [2.45, 2.75) is 60.4 Å². The van der Waals surface area contributed by atoms with Crippen LogP contribution in [0.1, 0.15) is 74.0 Å². The minimum absolute atomic E-state index is 0.146. The summed E-state index contributed by atoms with van der Waals surface area (Å²) in [5, 5.41) is 7.76. The van der Waals surface area contributed by atoms with E-state index in [0.29, 0.717) is 64.9 Å². The van der Waals surface area contributed by atoms with Crippen molar-refractivity contribution in [3.05, 3.63) is 91.5 Å². The number of methoxy groups -OCH3 is 1. The van der Waals surface area contributed by atoms with E-state index < -0.39 is 5.91 Å². The van der Waals surface area contributed by atoms with Gasteiger partial charge in [-0.1, -0.05) is 29.3 Å². The number of fused-ring (bicyclic) bond motifs is 4. The first-order chi connectivity index (χ1) is 25.2. The molecule has 1 unspecified atom stereocenters. The van der Waals surface area contributed by atoms with Crippen molar-refractivity contribution in [1.82, 2.24) is 18.9 Å². The molecule has 10 nitrogen and oxygen atoms in total. The third-order valence-electron chi connectivity index (χ3n) is 10.8. The summed E-state index contributed by atoms with van der Waals surface area (Å²) >= 11 is 13.5. The number of primary amides is 1. The summed E-state index contributed by atoms with van der Waals surface area (Å²) in [5.41, 5.74) is 16.4. The molecule has 276 valence electrons. The molecule has 2 N–H and O–H groups in total. The number of aromatic nitrogens is 4. The van der Waals surface area contributed by atoms with Gasteiger partial charge in [0.25, 0.3) is 11.8 Å². The Balaban J connectivity index is 1.41. The Morgan fingerprint density at radius 3 is 2.32 bits per heavy atom. The molecule has 0 spiro atoms. The summed E-state index contributed by atoms with van der Waals surface area (Å²) in [6, 6.07) is 11.4. The molecule has 1 aliphatic rings. The molecule has 1 aliphatic heterocycles. The molecular formula is C41H44Cl2N6O4. The standard InChI is InChI=1S/C41H44Cl2N6O4/c1-20-17-26(18-21(2)35(20)43)53-16-10-11-27-28-12-13-29(42)34(33-24(5)45-47(8)25(33)6)37(28)49-22(3)19-48(41(51)38(27)49)30-14-15-31(52-9)32-23(4)36(40(44)50)46(7)39(30)32/h12-15,17-18,22H,10-11,16,19H2,1-9H3,(H2,44,50). The minimum atomic E-state index is -0.550. The van der Waals surface area contributed by atoms with Crippen molar-refractivity contribution in [3.8, 4) is 22.6 Å². The fraction of sp³-hybridized carbons (Fsp3) is 0.341. The molecule has 0 fully saturated rings. The van der Waals surface area contributed by atoms with Gasteiger partial charge in [0.15, 0.2) is 0 Å². The monoisotopic (exact) mass is 754 g/mol. The normalized spacial score (nSPS) is 14.4. The van der Waals surface area contributed by atoms with Crippen molar-refractivity contribution >= 4 is 62.5 Å². The SMILES string of the molecule is COc1ccc(N2CC(C)n3c(c(CCCOc4cc(C)c(Cl)c(C)c4)c4ccc(Cl)c(-c5c(C)nn(C)c5C)c43)C2=O)c2c1c(C)c(C(N)=O)n2C. The maximum absolute atomic E-state index is 15.2. The molecular weight excluding hydrogens is 711 g/mol. The number of rotatable bonds is 9. The summed E-state index contributed by atoms with van der Waals surface area (Å²) in [4.78, 5) is 29.7. The van der Waals surface area contributed by atoms with Gasteiger partial charge >= 0.3 is 0 Å². The van der Waals surface area contributed by atoms with Crippen LogP contribution in [0.2, 0.25) is 10.0 Å². The number of anilines is 1. The summed E-state index contributed by atoms with van der Waals surface area (Å²) in [5.74, 6) is 0.667. The van der Waals surface area contributed by atoms with Gasteiger partial charge in [0.1, 0.15) is 22.9 Å². The lowest BCUT2D eigenvalue weighted by Crippen LogP contribution is -2.43. The van der Waals surface area contributed by atoms with E-state index >= 15 is 4.79 Å². The number of carbonyl (C=O) groups excluding carboxylic acids is 2. The Labute approximate surface area is 319 Å². The maximum Gasteiger partial charge on any atom is 0.275 e. The average Bonchev–Trinajstić information content (AvgIpc) is 3.68. The highest BCUT2D eigenvalue weighted by Crippen LogP contribution is 2.46. The molecule has 53 heavy (non-hydrogen) atoms. The van der Waals surface area contributed by atoms with Gasteiger partial charge in [0.05, 0.1) is 41.2 Å². The van der Waals surface area contributed by atoms with Crippen LogP contribution in [0.15, 0.2) is 36.4 Å². The number of benzene rings is 3. The number of halogens is 2. The molecule has 0 saturated heterocycles. The highest BCUT2D eigenvalue weighted by Gasteiger charge is 2.38. The quantitative estimate of drug-likeness (QED) is 0.149. The molecule has 6 aromatic rings. The third-order valence-corrected chi connectivity index (χ3v) is 11.7. The summed E-state index contributed by atoms with van der Waals surface area (Å²) in [6.07, 6.45) is 1.24. The molecule has 3 aromatic heterocycles. The number of hydrogen-bond acceptors (Lipinski definition) is 5. The summed E-state index contributed by atoms with van der Waals surface area (Å²) in [7, 11) is 5.32. The largest absolute Gasteiger partial charge is 0.496 e. The third kappa shape index (κ3) is 5.65. The predicted octanol–water partition coefficient (Wildman–Crippen LogP) is 8.72. The zero-order valence-electron chi connectivity index (χ0n) is 31.6. The van der Waals surface area contributed by atoms with Crippen LogP contribution < -0.4 is 20.1 Å². The molecule has 0 aliphatic carbocycles. The second-order valence-corrected chi connectivity index (χ2v) is 15.0. The van der Waals surface area contributed by atoms with Crippen LogP contribution in [0.5, 0.6) is 11.5 Å². The van der Waals surface area contributed by atoms with E-state index in [1.54, 1.807) is 18.7 Å². The van der Waals surface area contributed by atoms with E-state index in [1.165, 1.54) is 0 Å². The lowest BCUT2D eigenvalue weighted by Gasteiger charge is -2.35. The summed E-state index contributed by atoms with van der Waals surface area (Å²) in [6.45, 7) is 12.8. The molecule has 12 heteroatoms. The van der Waals surface area contributed by atoms with Crippen LogP contribution in [0.3, 0.4) is 0 Å². The lowest BCUT2D eigenvalue weighted by atomic mass is 9.98. The molecule has 0 radical (unpaired) electrons. The number of aryl methyl sites for hydroxylation is 7. The molecule has 4 heterocycles.